The summed E-state index contributed by atoms with van der Waals surface area (Å²) in [6.45, 7) is 3.90. The van der Waals surface area contributed by atoms with Crippen molar-refractivity contribution < 1.29 is 0 Å². The quantitative estimate of drug-likeness (QED) is 0.896. The van der Waals surface area contributed by atoms with Crippen LogP contribution in [0.25, 0.3) is 5.69 Å². The van der Waals surface area contributed by atoms with Crippen molar-refractivity contribution in [3.8, 4) is 11.8 Å². The number of aromatic nitrogens is 1. The Kier molecular flexibility index (Phi) is 3.22. The van der Waals surface area contributed by atoms with Crippen LogP contribution in [0.4, 0.5) is 11.5 Å². The number of hydrogen-bond donors (Lipinski definition) is 1. The van der Waals surface area contributed by atoms with Crippen molar-refractivity contribution in [3.63, 3.8) is 0 Å². The maximum Gasteiger partial charge on any atom is 0.126 e. The maximum absolute atomic E-state index is 9.15. The van der Waals surface area contributed by atoms with E-state index in [4.69, 9.17) is 11.0 Å². The van der Waals surface area contributed by atoms with E-state index in [0.717, 1.165) is 22.6 Å². The highest BCUT2D eigenvalue weighted by Crippen LogP contribution is 2.28. The van der Waals surface area contributed by atoms with Crippen molar-refractivity contribution in [2.24, 2.45) is 0 Å². The predicted octanol–water partition coefficient (Wildman–Crippen LogP) is 2.61. The van der Waals surface area contributed by atoms with E-state index < -0.39 is 0 Å². The van der Waals surface area contributed by atoms with E-state index in [1.807, 2.05) is 61.7 Å². The third-order valence-corrected chi connectivity index (χ3v) is 3.49. The molecule has 0 fully saturated rings. The van der Waals surface area contributed by atoms with Crippen LogP contribution in [0.3, 0.4) is 0 Å². The lowest BCUT2D eigenvalue weighted by molar-refractivity contribution is 1.01. The summed E-state index contributed by atoms with van der Waals surface area (Å²) < 4.78 is 1.92. The second kappa shape index (κ2) is 4.69. The number of hydrogen-bond acceptors (Lipinski definition) is 3. The average Bonchev–Trinajstić information content (AvgIpc) is 2.60. The topological polar surface area (TPSA) is 58.0 Å². The molecule has 4 heteroatoms. The zero-order valence-electron chi connectivity index (χ0n) is 11.7. The summed E-state index contributed by atoms with van der Waals surface area (Å²) in [4.78, 5) is 2.04. The van der Waals surface area contributed by atoms with Crippen LogP contribution in [0.5, 0.6) is 0 Å². The summed E-state index contributed by atoms with van der Waals surface area (Å²) in [5.74, 6) is 0.509. The SMILES string of the molecule is Cc1c(C#N)c(N)n(-c2ccc(N(C)C)cc2)c1C. The van der Waals surface area contributed by atoms with Gasteiger partial charge in [-0.25, -0.2) is 0 Å². The van der Waals surface area contributed by atoms with Crippen LogP contribution in [0.1, 0.15) is 16.8 Å². The van der Waals surface area contributed by atoms with Crippen molar-refractivity contribution in [2.45, 2.75) is 13.8 Å². The third-order valence-electron chi connectivity index (χ3n) is 3.49. The van der Waals surface area contributed by atoms with Crippen LogP contribution >= 0.6 is 0 Å². The molecule has 0 aliphatic rings. The number of rotatable bonds is 2. The van der Waals surface area contributed by atoms with Crippen molar-refractivity contribution in [2.75, 3.05) is 24.7 Å². The van der Waals surface area contributed by atoms with E-state index in [0.29, 0.717) is 11.4 Å². The Balaban J connectivity index is 2.57. The molecule has 0 saturated heterocycles. The fourth-order valence-corrected chi connectivity index (χ4v) is 2.21. The zero-order chi connectivity index (χ0) is 14.2. The predicted molar refractivity (Wildman–Crippen MR) is 78.7 cm³/mol. The van der Waals surface area contributed by atoms with Gasteiger partial charge in [-0.05, 0) is 43.7 Å². The van der Waals surface area contributed by atoms with Crippen molar-refractivity contribution in [1.82, 2.24) is 4.57 Å². The summed E-state index contributed by atoms with van der Waals surface area (Å²) >= 11 is 0. The molecule has 2 N–H and O–H groups in total. The molecule has 0 saturated carbocycles. The van der Waals surface area contributed by atoms with Gasteiger partial charge in [-0.2, -0.15) is 5.26 Å². The molecule has 2 aromatic rings. The number of nitrogens with two attached hydrogens (primary N) is 1. The number of nitrogen functional groups attached to an aromatic ring is 1. The summed E-state index contributed by atoms with van der Waals surface area (Å²) in [5.41, 5.74) is 10.7. The minimum Gasteiger partial charge on any atom is -0.384 e. The van der Waals surface area contributed by atoms with Crippen LogP contribution in [0, 0.1) is 25.2 Å². The molecule has 0 aliphatic heterocycles. The summed E-state index contributed by atoms with van der Waals surface area (Å²) in [7, 11) is 4.00. The van der Waals surface area contributed by atoms with Gasteiger partial charge in [0.2, 0.25) is 0 Å². The highest BCUT2D eigenvalue weighted by Gasteiger charge is 2.16. The molecule has 0 atom stereocenters. The van der Waals surface area contributed by atoms with E-state index in [2.05, 4.69) is 6.07 Å². The first-order chi connectivity index (χ1) is 8.97. The fourth-order valence-electron chi connectivity index (χ4n) is 2.21. The lowest BCUT2D eigenvalue weighted by Gasteiger charge is -2.14. The van der Waals surface area contributed by atoms with E-state index in [-0.39, 0.29) is 0 Å². The molecular formula is C15H18N4. The number of anilines is 2. The minimum absolute atomic E-state index is 0.509. The highest BCUT2D eigenvalue weighted by atomic mass is 15.1. The maximum atomic E-state index is 9.15. The molecule has 1 aromatic carbocycles. The number of nitriles is 1. The summed E-state index contributed by atoms with van der Waals surface area (Å²) in [6, 6.07) is 10.3. The molecule has 19 heavy (non-hydrogen) atoms. The Labute approximate surface area is 113 Å². The standard InChI is InChI=1S/C15H18N4/c1-10-11(2)19(15(17)14(10)9-16)13-7-5-12(6-8-13)18(3)4/h5-8H,17H2,1-4H3. The second-order valence-electron chi connectivity index (χ2n) is 4.83. The molecular weight excluding hydrogens is 236 g/mol. The van der Waals surface area contributed by atoms with Gasteiger partial charge in [0.1, 0.15) is 11.9 Å². The number of nitrogens with zero attached hydrogens (tertiary/aromatic N) is 3. The van der Waals surface area contributed by atoms with Gasteiger partial charge in [0.25, 0.3) is 0 Å². The Hall–Kier alpha value is -2.41. The summed E-state index contributed by atoms with van der Waals surface area (Å²) in [5, 5.41) is 9.15. The molecule has 0 radical (unpaired) electrons. The van der Waals surface area contributed by atoms with Gasteiger partial charge in [0, 0.05) is 31.2 Å². The van der Waals surface area contributed by atoms with E-state index in [1.54, 1.807) is 0 Å². The first kappa shape index (κ1) is 13.0. The molecule has 0 aliphatic carbocycles. The van der Waals surface area contributed by atoms with Crippen molar-refractivity contribution in [3.05, 3.63) is 41.1 Å². The minimum atomic E-state index is 0.509. The monoisotopic (exact) mass is 254 g/mol. The van der Waals surface area contributed by atoms with Crippen molar-refractivity contribution in [1.29, 1.82) is 5.26 Å². The Morgan fingerprint density at radius 3 is 2.16 bits per heavy atom. The second-order valence-corrected chi connectivity index (χ2v) is 4.83. The smallest absolute Gasteiger partial charge is 0.126 e. The zero-order valence-corrected chi connectivity index (χ0v) is 11.7. The largest absolute Gasteiger partial charge is 0.384 e. The molecule has 0 unspecified atom stereocenters. The van der Waals surface area contributed by atoms with E-state index >= 15 is 0 Å². The molecule has 1 aromatic heterocycles. The van der Waals surface area contributed by atoms with Crippen molar-refractivity contribution >= 4 is 11.5 Å². The molecule has 0 spiro atoms. The molecule has 1 heterocycles. The van der Waals surface area contributed by atoms with Gasteiger partial charge in [-0.15, -0.1) is 0 Å². The van der Waals surface area contributed by atoms with Crippen LogP contribution in [0.2, 0.25) is 0 Å². The van der Waals surface area contributed by atoms with Gasteiger partial charge >= 0.3 is 0 Å². The lowest BCUT2D eigenvalue weighted by atomic mass is 10.2. The first-order valence-corrected chi connectivity index (χ1v) is 6.12. The number of benzene rings is 1. The third kappa shape index (κ3) is 2.04. The average molecular weight is 254 g/mol. The first-order valence-electron chi connectivity index (χ1n) is 6.12. The van der Waals surface area contributed by atoms with Gasteiger partial charge in [0.05, 0.1) is 5.56 Å². The van der Waals surface area contributed by atoms with Crippen LogP contribution in [-0.2, 0) is 0 Å². The van der Waals surface area contributed by atoms with Gasteiger partial charge in [0.15, 0.2) is 0 Å². The molecule has 2 rings (SSSR count). The van der Waals surface area contributed by atoms with Gasteiger partial charge in [-0.3, -0.25) is 4.57 Å². The van der Waals surface area contributed by atoms with Crippen LogP contribution in [0.15, 0.2) is 24.3 Å². The Bertz CT molecular complexity index is 642. The van der Waals surface area contributed by atoms with E-state index in [9.17, 15) is 0 Å². The van der Waals surface area contributed by atoms with Gasteiger partial charge < -0.3 is 10.6 Å². The molecule has 0 bridgehead atoms. The summed E-state index contributed by atoms with van der Waals surface area (Å²) in [6.07, 6.45) is 0. The molecule has 4 nitrogen and oxygen atoms in total. The van der Waals surface area contributed by atoms with Gasteiger partial charge in [-0.1, -0.05) is 0 Å². The van der Waals surface area contributed by atoms with E-state index in [1.165, 1.54) is 0 Å². The highest BCUT2D eigenvalue weighted by molar-refractivity contribution is 5.63. The normalized spacial score (nSPS) is 10.3. The van der Waals surface area contributed by atoms with Crippen LogP contribution in [-0.4, -0.2) is 18.7 Å². The molecule has 0 amide bonds. The fraction of sp³-hybridized carbons (Fsp3) is 0.267. The molecule has 98 valence electrons. The Morgan fingerprint density at radius 2 is 1.74 bits per heavy atom. The Morgan fingerprint density at radius 1 is 1.16 bits per heavy atom. The van der Waals surface area contributed by atoms with Crippen LogP contribution < -0.4 is 10.6 Å². The lowest BCUT2D eigenvalue weighted by Crippen LogP contribution is -2.09.